The van der Waals surface area contributed by atoms with Gasteiger partial charge >= 0.3 is 11.9 Å². The molecule has 0 unspecified atom stereocenters. The predicted molar refractivity (Wildman–Crippen MR) is 101 cm³/mol. The number of piperazine rings is 1. The first-order valence-corrected chi connectivity index (χ1v) is 8.99. The SMILES string of the molecule is COC(=O)c1ccccc1NC(=O)C[C@@H](CN1CCN(C(C)=O)CC1)C(=O)O. The summed E-state index contributed by atoms with van der Waals surface area (Å²) in [4.78, 5) is 50.8. The first-order chi connectivity index (χ1) is 13.3. The van der Waals surface area contributed by atoms with E-state index < -0.39 is 23.8 Å². The first-order valence-electron chi connectivity index (χ1n) is 8.99. The van der Waals surface area contributed by atoms with Crippen LogP contribution < -0.4 is 5.32 Å². The normalized spacial score (nSPS) is 15.6. The Morgan fingerprint density at radius 1 is 1.14 bits per heavy atom. The van der Waals surface area contributed by atoms with Crippen molar-refractivity contribution >= 4 is 29.4 Å². The maximum absolute atomic E-state index is 12.4. The van der Waals surface area contributed by atoms with E-state index in [1.165, 1.54) is 20.1 Å². The van der Waals surface area contributed by atoms with Crippen molar-refractivity contribution < 1.29 is 29.0 Å². The summed E-state index contributed by atoms with van der Waals surface area (Å²) in [6.45, 7) is 3.94. The third-order valence-corrected chi connectivity index (χ3v) is 4.68. The van der Waals surface area contributed by atoms with Gasteiger partial charge in [0.15, 0.2) is 0 Å². The number of nitrogens with one attached hydrogen (secondary N) is 1. The molecule has 28 heavy (non-hydrogen) atoms. The summed E-state index contributed by atoms with van der Waals surface area (Å²) in [6, 6.07) is 6.37. The van der Waals surface area contributed by atoms with E-state index in [4.69, 9.17) is 0 Å². The number of aliphatic carboxylic acids is 1. The summed E-state index contributed by atoms with van der Waals surface area (Å²) >= 11 is 0. The van der Waals surface area contributed by atoms with Crippen molar-refractivity contribution in [2.75, 3.05) is 45.2 Å². The van der Waals surface area contributed by atoms with Gasteiger partial charge in [-0.05, 0) is 12.1 Å². The van der Waals surface area contributed by atoms with Crippen LogP contribution in [0.15, 0.2) is 24.3 Å². The van der Waals surface area contributed by atoms with E-state index in [0.29, 0.717) is 26.2 Å². The number of methoxy groups -OCH3 is 1. The van der Waals surface area contributed by atoms with Crippen LogP contribution in [0.1, 0.15) is 23.7 Å². The van der Waals surface area contributed by atoms with Crippen LogP contribution in [-0.4, -0.2) is 78.5 Å². The Hall–Kier alpha value is -2.94. The summed E-state index contributed by atoms with van der Waals surface area (Å²) in [7, 11) is 1.24. The molecular weight excluding hydrogens is 366 g/mol. The van der Waals surface area contributed by atoms with Gasteiger partial charge in [0.2, 0.25) is 11.8 Å². The van der Waals surface area contributed by atoms with Gasteiger partial charge in [-0.3, -0.25) is 19.3 Å². The molecule has 1 fully saturated rings. The van der Waals surface area contributed by atoms with Gasteiger partial charge in [0.05, 0.1) is 24.3 Å². The largest absolute Gasteiger partial charge is 0.481 e. The second kappa shape index (κ2) is 9.84. The monoisotopic (exact) mass is 391 g/mol. The molecular formula is C19H25N3O6. The fourth-order valence-corrected chi connectivity index (χ4v) is 3.09. The highest BCUT2D eigenvalue weighted by molar-refractivity contribution is 6.01. The predicted octanol–water partition coefficient (Wildman–Crippen LogP) is 0.667. The quantitative estimate of drug-likeness (QED) is 0.656. The molecule has 1 aromatic rings. The Morgan fingerprint density at radius 3 is 2.36 bits per heavy atom. The number of carboxylic acid groups (broad SMARTS) is 1. The lowest BCUT2D eigenvalue weighted by Crippen LogP contribution is -2.50. The maximum atomic E-state index is 12.4. The highest BCUT2D eigenvalue weighted by Gasteiger charge is 2.27. The average molecular weight is 391 g/mol. The lowest BCUT2D eigenvalue weighted by molar-refractivity contribution is -0.144. The van der Waals surface area contributed by atoms with E-state index in [2.05, 4.69) is 10.1 Å². The summed E-state index contributed by atoms with van der Waals surface area (Å²) < 4.78 is 4.68. The fraction of sp³-hybridized carbons (Fsp3) is 0.474. The van der Waals surface area contributed by atoms with Crippen molar-refractivity contribution in [3.8, 4) is 0 Å². The highest BCUT2D eigenvalue weighted by Crippen LogP contribution is 2.18. The molecule has 2 rings (SSSR count). The minimum Gasteiger partial charge on any atom is -0.481 e. The molecule has 0 aliphatic carbocycles. The molecule has 0 aromatic heterocycles. The molecule has 9 heteroatoms. The van der Waals surface area contributed by atoms with Crippen molar-refractivity contribution in [2.24, 2.45) is 5.92 Å². The number of hydrogen-bond donors (Lipinski definition) is 2. The van der Waals surface area contributed by atoms with Gasteiger partial charge in [0, 0.05) is 46.1 Å². The highest BCUT2D eigenvalue weighted by atomic mass is 16.5. The minimum absolute atomic E-state index is 0.00177. The summed E-state index contributed by atoms with van der Waals surface area (Å²) in [5.41, 5.74) is 0.476. The van der Waals surface area contributed by atoms with Gasteiger partial charge in [-0.25, -0.2) is 4.79 Å². The molecule has 0 radical (unpaired) electrons. The van der Waals surface area contributed by atoms with Crippen molar-refractivity contribution in [1.82, 2.24) is 9.80 Å². The number of nitrogens with zero attached hydrogens (tertiary/aromatic N) is 2. The molecule has 1 heterocycles. The molecule has 2 amide bonds. The van der Waals surface area contributed by atoms with Crippen LogP contribution in [0.4, 0.5) is 5.69 Å². The average Bonchev–Trinajstić information content (AvgIpc) is 2.67. The summed E-state index contributed by atoms with van der Waals surface area (Å²) in [5.74, 6) is -3.04. The molecule has 0 bridgehead atoms. The third kappa shape index (κ3) is 5.78. The summed E-state index contributed by atoms with van der Waals surface area (Å²) in [6.07, 6.45) is -0.224. The number of carbonyl (C=O) groups excluding carboxylic acids is 3. The van der Waals surface area contributed by atoms with Gasteiger partial charge in [-0.1, -0.05) is 12.1 Å². The van der Waals surface area contributed by atoms with Crippen LogP contribution >= 0.6 is 0 Å². The standard InChI is InChI=1S/C19H25N3O6/c1-13(23)22-9-7-21(8-10-22)12-14(18(25)26)11-17(24)20-16-6-4-3-5-15(16)19(27)28-2/h3-6,14H,7-12H2,1-2H3,(H,20,24)(H,25,26)/t14-/m0/s1. The van der Waals surface area contributed by atoms with Crippen LogP contribution in [0.5, 0.6) is 0 Å². The molecule has 0 saturated carbocycles. The number of carbonyl (C=O) groups is 4. The first kappa shape index (κ1) is 21.4. The van der Waals surface area contributed by atoms with E-state index in [1.54, 1.807) is 23.1 Å². The van der Waals surface area contributed by atoms with Crippen LogP contribution in [0.3, 0.4) is 0 Å². The number of para-hydroxylation sites is 1. The number of esters is 1. The van der Waals surface area contributed by atoms with E-state index in [1.807, 2.05) is 4.90 Å². The molecule has 152 valence electrons. The zero-order valence-corrected chi connectivity index (χ0v) is 16.0. The molecule has 0 spiro atoms. The Labute approximate surface area is 163 Å². The van der Waals surface area contributed by atoms with Crippen molar-refractivity contribution in [3.63, 3.8) is 0 Å². The van der Waals surface area contributed by atoms with E-state index >= 15 is 0 Å². The fourth-order valence-electron chi connectivity index (χ4n) is 3.09. The topological polar surface area (TPSA) is 116 Å². The zero-order valence-electron chi connectivity index (χ0n) is 16.0. The Morgan fingerprint density at radius 2 is 1.79 bits per heavy atom. The number of amides is 2. The second-order valence-electron chi connectivity index (χ2n) is 6.63. The summed E-state index contributed by atoms with van der Waals surface area (Å²) in [5, 5.41) is 12.1. The van der Waals surface area contributed by atoms with Crippen LogP contribution in [0.25, 0.3) is 0 Å². The number of hydrogen-bond acceptors (Lipinski definition) is 6. The minimum atomic E-state index is -1.06. The van der Waals surface area contributed by atoms with Gasteiger partial charge in [0.25, 0.3) is 0 Å². The Bertz CT molecular complexity index is 743. The van der Waals surface area contributed by atoms with Gasteiger partial charge in [0.1, 0.15) is 0 Å². The number of carboxylic acids is 1. The number of ether oxygens (including phenoxy) is 1. The molecule has 1 aliphatic rings. The number of anilines is 1. The van der Waals surface area contributed by atoms with E-state index in [9.17, 15) is 24.3 Å². The maximum Gasteiger partial charge on any atom is 0.339 e. The van der Waals surface area contributed by atoms with Crippen LogP contribution in [0.2, 0.25) is 0 Å². The Balaban J connectivity index is 1.96. The molecule has 1 aliphatic heterocycles. The Kier molecular flexibility index (Phi) is 7.51. The van der Waals surface area contributed by atoms with E-state index in [0.717, 1.165) is 0 Å². The van der Waals surface area contributed by atoms with Crippen molar-refractivity contribution in [3.05, 3.63) is 29.8 Å². The van der Waals surface area contributed by atoms with Crippen molar-refractivity contribution in [2.45, 2.75) is 13.3 Å². The van der Waals surface area contributed by atoms with E-state index in [-0.39, 0.29) is 30.1 Å². The molecule has 1 saturated heterocycles. The zero-order chi connectivity index (χ0) is 20.7. The van der Waals surface area contributed by atoms with Crippen LogP contribution in [-0.2, 0) is 19.1 Å². The van der Waals surface area contributed by atoms with Gasteiger partial charge < -0.3 is 20.1 Å². The molecule has 1 atom stereocenters. The number of rotatable bonds is 7. The van der Waals surface area contributed by atoms with Crippen molar-refractivity contribution in [1.29, 1.82) is 0 Å². The lowest BCUT2D eigenvalue weighted by Gasteiger charge is -2.35. The molecule has 9 nitrogen and oxygen atoms in total. The molecule has 2 N–H and O–H groups in total. The lowest BCUT2D eigenvalue weighted by atomic mass is 10.0. The van der Waals surface area contributed by atoms with Crippen LogP contribution in [0, 0.1) is 5.92 Å². The van der Waals surface area contributed by atoms with Gasteiger partial charge in [-0.2, -0.15) is 0 Å². The number of benzene rings is 1. The smallest absolute Gasteiger partial charge is 0.339 e. The molecule has 1 aromatic carbocycles. The second-order valence-corrected chi connectivity index (χ2v) is 6.63. The third-order valence-electron chi connectivity index (χ3n) is 4.68. The van der Waals surface area contributed by atoms with Gasteiger partial charge in [-0.15, -0.1) is 0 Å².